The van der Waals surface area contributed by atoms with Crippen LogP contribution in [0.15, 0.2) is 36.4 Å². The Morgan fingerprint density at radius 2 is 1.66 bits per heavy atom. The monoisotopic (exact) mass is 563 g/mol. The highest BCUT2D eigenvalue weighted by atomic mass is 16.5. The number of hydrogen-bond donors (Lipinski definition) is 0. The summed E-state index contributed by atoms with van der Waals surface area (Å²) in [6, 6.07) is 12.5. The van der Waals surface area contributed by atoms with Crippen LogP contribution in [0.5, 0.6) is 11.5 Å². The molecule has 0 N–H and O–H groups in total. The van der Waals surface area contributed by atoms with Gasteiger partial charge < -0.3 is 19.3 Å². The predicted octanol–water partition coefficient (Wildman–Crippen LogP) is 6.00. The first-order valence-corrected chi connectivity index (χ1v) is 15.4. The lowest BCUT2D eigenvalue weighted by Gasteiger charge is -2.33. The van der Waals surface area contributed by atoms with Gasteiger partial charge in [0.1, 0.15) is 0 Å². The minimum Gasteiger partial charge on any atom is -0.493 e. The van der Waals surface area contributed by atoms with Gasteiger partial charge in [-0.05, 0) is 75.3 Å². The van der Waals surface area contributed by atoms with Crippen molar-refractivity contribution in [3.63, 3.8) is 0 Å². The van der Waals surface area contributed by atoms with Crippen LogP contribution in [-0.4, -0.2) is 68.1 Å². The third-order valence-electron chi connectivity index (χ3n) is 8.82. The average Bonchev–Trinajstić information content (AvgIpc) is 3.02. The van der Waals surface area contributed by atoms with Gasteiger partial charge in [0.25, 0.3) is 0 Å². The number of carbonyl (C=O) groups is 2. The lowest BCUT2D eigenvalue weighted by atomic mass is 9.87. The third-order valence-corrected chi connectivity index (χ3v) is 8.82. The molecule has 0 atom stereocenters. The second-order valence-electron chi connectivity index (χ2n) is 11.9. The number of rotatable bonds is 7. The van der Waals surface area contributed by atoms with Crippen LogP contribution in [0.25, 0.3) is 0 Å². The number of amides is 2. The van der Waals surface area contributed by atoms with Crippen molar-refractivity contribution >= 4 is 17.5 Å². The molecule has 0 bridgehead atoms. The Morgan fingerprint density at radius 1 is 0.902 bits per heavy atom. The van der Waals surface area contributed by atoms with E-state index >= 15 is 0 Å². The zero-order chi connectivity index (χ0) is 29.4. The summed E-state index contributed by atoms with van der Waals surface area (Å²) >= 11 is 0. The van der Waals surface area contributed by atoms with E-state index in [2.05, 4.69) is 48.8 Å². The Balaban J connectivity index is 1.61. The molecule has 2 aromatic rings. The molecule has 1 heterocycles. The Labute approximate surface area is 246 Å². The third kappa shape index (κ3) is 7.82. The fourth-order valence-electron chi connectivity index (χ4n) is 6.39. The number of anilines is 1. The summed E-state index contributed by atoms with van der Waals surface area (Å²) in [5, 5.41) is 0. The minimum atomic E-state index is 0.0989. The Kier molecular flexibility index (Phi) is 11.1. The van der Waals surface area contributed by atoms with E-state index in [4.69, 9.17) is 9.47 Å². The molecule has 0 saturated heterocycles. The number of benzene rings is 2. The van der Waals surface area contributed by atoms with Crippen molar-refractivity contribution in [1.29, 1.82) is 0 Å². The molecule has 2 amide bonds. The first-order chi connectivity index (χ1) is 19.8. The molecular weight excluding hydrogens is 514 g/mol. The molecule has 4 rings (SSSR count). The Bertz CT molecular complexity index is 1170. The molecular formula is C34H49N3O4. The van der Waals surface area contributed by atoms with Gasteiger partial charge in [0.15, 0.2) is 11.5 Å². The zero-order valence-corrected chi connectivity index (χ0v) is 25.8. The largest absolute Gasteiger partial charge is 0.493 e. The quantitative estimate of drug-likeness (QED) is 0.414. The number of fused-ring (bicyclic) bond motifs is 1. The predicted molar refractivity (Wildman–Crippen MR) is 165 cm³/mol. The highest BCUT2D eigenvalue weighted by molar-refractivity contribution is 5.96. The van der Waals surface area contributed by atoms with Crippen molar-refractivity contribution < 1.29 is 19.1 Å². The van der Waals surface area contributed by atoms with Crippen molar-refractivity contribution in [2.45, 2.75) is 84.7 Å². The van der Waals surface area contributed by atoms with Crippen LogP contribution in [0, 0.1) is 12.8 Å². The molecule has 2 aromatic carbocycles. The van der Waals surface area contributed by atoms with E-state index in [1.165, 1.54) is 6.42 Å². The van der Waals surface area contributed by atoms with Crippen LogP contribution in [0.1, 0.15) is 75.5 Å². The van der Waals surface area contributed by atoms with E-state index in [1.54, 1.807) is 14.2 Å². The van der Waals surface area contributed by atoms with Crippen LogP contribution in [0.4, 0.5) is 5.69 Å². The molecule has 2 aliphatic rings. The number of carbonyl (C=O) groups excluding carboxylic acids is 2. The summed E-state index contributed by atoms with van der Waals surface area (Å²) in [7, 11) is 3.25. The molecule has 224 valence electrons. The first-order valence-electron chi connectivity index (χ1n) is 15.4. The van der Waals surface area contributed by atoms with Crippen molar-refractivity contribution in [1.82, 2.24) is 9.80 Å². The van der Waals surface area contributed by atoms with E-state index in [9.17, 15) is 9.59 Å². The molecule has 7 nitrogen and oxygen atoms in total. The van der Waals surface area contributed by atoms with E-state index in [1.807, 2.05) is 23.1 Å². The lowest BCUT2D eigenvalue weighted by Crippen LogP contribution is -2.41. The summed E-state index contributed by atoms with van der Waals surface area (Å²) in [6.07, 6.45) is 7.40. The van der Waals surface area contributed by atoms with Crippen molar-refractivity contribution in [2.24, 2.45) is 5.92 Å². The smallest absolute Gasteiger partial charge is 0.230 e. The zero-order valence-electron chi connectivity index (χ0n) is 25.8. The molecule has 1 fully saturated rings. The van der Waals surface area contributed by atoms with Gasteiger partial charge in [0.2, 0.25) is 11.8 Å². The summed E-state index contributed by atoms with van der Waals surface area (Å²) in [4.78, 5) is 34.3. The average molecular weight is 564 g/mol. The maximum absolute atomic E-state index is 14.0. The molecule has 1 saturated carbocycles. The summed E-state index contributed by atoms with van der Waals surface area (Å²) in [6.45, 7) is 10.1. The summed E-state index contributed by atoms with van der Waals surface area (Å²) in [5.41, 5.74) is 4.22. The topological polar surface area (TPSA) is 62.3 Å². The maximum atomic E-state index is 14.0. The van der Waals surface area contributed by atoms with Crippen molar-refractivity contribution in [2.75, 3.05) is 45.3 Å². The molecule has 0 spiro atoms. The van der Waals surface area contributed by atoms with Gasteiger partial charge in [-0.2, -0.15) is 0 Å². The van der Waals surface area contributed by atoms with Gasteiger partial charge >= 0.3 is 0 Å². The van der Waals surface area contributed by atoms with Gasteiger partial charge in [-0.25, -0.2) is 0 Å². The number of hydrogen-bond acceptors (Lipinski definition) is 5. The van der Waals surface area contributed by atoms with Gasteiger partial charge in [-0.1, -0.05) is 43.5 Å². The van der Waals surface area contributed by atoms with Crippen LogP contribution >= 0.6 is 0 Å². The van der Waals surface area contributed by atoms with Crippen LogP contribution < -0.4 is 14.4 Å². The fourth-order valence-corrected chi connectivity index (χ4v) is 6.39. The van der Waals surface area contributed by atoms with Gasteiger partial charge in [0, 0.05) is 51.1 Å². The second kappa shape index (κ2) is 14.7. The number of para-hydroxylation sites is 1. The molecule has 0 aromatic heterocycles. The highest BCUT2D eigenvalue weighted by Crippen LogP contribution is 2.33. The number of ether oxygens (including phenoxy) is 2. The molecule has 1 aliphatic heterocycles. The second-order valence-corrected chi connectivity index (χ2v) is 11.9. The molecule has 1 aliphatic carbocycles. The molecule has 41 heavy (non-hydrogen) atoms. The maximum Gasteiger partial charge on any atom is 0.230 e. The first kappa shape index (κ1) is 30.9. The molecule has 0 unspecified atom stereocenters. The van der Waals surface area contributed by atoms with Crippen LogP contribution in [-0.2, 0) is 22.6 Å². The van der Waals surface area contributed by atoms with E-state index in [0.29, 0.717) is 50.0 Å². The van der Waals surface area contributed by atoms with Gasteiger partial charge in [-0.3, -0.25) is 14.5 Å². The van der Waals surface area contributed by atoms with E-state index < -0.39 is 0 Å². The van der Waals surface area contributed by atoms with E-state index in [0.717, 1.165) is 67.6 Å². The van der Waals surface area contributed by atoms with E-state index in [-0.39, 0.29) is 17.7 Å². The standard InChI is InChI=1S/C34H49N3O4/c1-25(2)35-19-10-20-37(34(39)28-12-7-6-8-13-28)33-26(3)11-9-14-29(33)24-36(22-21-35)32(38)18-16-27-15-17-30(40-4)31(23-27)41-5/h9,11,14-15,17,23,25,28H,6-8,10,12-13,16,18-22,24H2,1-5H3. The number of methoxy groups -OCH3 is 2. The molecule has 7 heteroatoms. The fraction of sp³-hybridized carbons (Fsp3) is 0.588. The highest BCUT2D eigenvalue weighted by Gasteiger charge is 2.30. The Morgan fingerprint density at radius 3 is 2.37 bits per heavy atom. The van der Waals surface area contributed by atoms with Gasteiger partial charge in [0.05, 0.1) is 19.9 Å². The minimum absolute atomic E-state index is 0.0989. The van der Waals surface area contributed by atoms with Gasteiger partial charge in [-0.15, -0.1) is 0 Å². The number of aryl methyl sites for hydroxylation is 2. The summed E-state index contributed by atoms with van der Waals surface area (Å²) in [5.74, 6) is 1.85. The van der Waals surface area contributed by atoms with Crippen molar-refractivity contribution in [3.05, 3.63) is 53.1 Å². The van der Waals surface area contributed by atoms with Crippen LogP contribution in [0.2, 0.25) is 0 Å². The van der Waals surface area contributed by atoms with Crippen LogP contribution in [0.3, 0.4) is 0 Å². The van der Waals surface area contributed by atoms with Crippen molar-refractivity contribution in [3.8, 4) is 11.5 Å². The lowest BCUT2D eigenvalue weighted by molar-refractivity contribution is -0.132. The SMILES string of the molecule is COc1ccc(CCC(=O)N2CCN(C(C)C)CCCN(C(=O)C3CCCCC3)c3c(C)cccc3C2)cc1OC. The molecule has 0 radical (unpaired) electrons. The normalized spacial score (nSPS) is 17.6. The summed E-state index contributed by atoms with van der Waals surface area (Å²) < 4.78 is 10.8. The Hall–Kier alpha value is -3.06. The number of nitrogens with zero attached hydrogens (tertiary/aromatic N) is 3.